The summed E-state index contributed by atoms with van der Waals surface area (Å²) in [6.07, 6.45) is 2.28. The number of piperazine rings is 1. The van der Waals surface area contributed by atoms with Crippen LogP contribution < -0.4 is 5.32 Å². The smallest absolute Gasteiger partial charge is 0.409 e. The molecule has 0 aliphatic carbocycles. The third kappa shape index (κ3) is 8.01. The minimum Gasteiger partial charge on any atom is -0.450 e. The van der Waals surface area contributed by atoms with Gasteiger partial charge >= 0.3 is 6.09 Å². The van der Waals surface area contributed by atoms with Gasteiger partial charge in [-0.2, -0.15) is 0 Å². The number of halogens is 1. The first-order valence-electron chi connectivity index (χ1n) is 10.1. The molecule has 0 bridgehead atoms. The molecule has 0 spiro atoms. The van der Waals surface area contributed by atoms with Gasteiger partial charge in [0.1, 0.15) is 0 Å². The summed E-state index contributed by atoms with van der Waals surface area (Å²) in [5, 5.41) is 3.48. The monoisotopic (exact) mass is 495 g/mol. The van der Waals surface area contributed by atoms with Gasteiger partial charge in [-0.3, -0.25) is 4.99 Å². The van der Waals surface area contributed by atoms with E-state index in [-0.39, 0.29) is 30.1 Å². The van der Waals surface area contributed by atoms with Crippen LogP contribution in [0.25, 0.3) is 0 Å². The highest BCUT2D eigenvalue weighted by Gasteiger charge is 2.24. The number of carbonyl (C=O) groups is 1. The quantitative estimate of drug-likeness (QED) is 0.275. The molecular formula is C19H38IN5O2. The van der Waals surface area contributed by atoms with Gasteiger partial charge in [-0.15, -0.1) is 24.0 Å². The van der Waals surface area contributed by atoms with Crippen molar-refractivity contribution in [1.29, 1.82) is 0 Å². The molecule has 2 fully saturated rings. The number of hydrogen-bond donors (Lipinski definition) is 1. The highest BCUT2D eigenvalue weighted by molar-refractivity contribution is 14.0. The number of nitrogens with one attached hydrogen (secondary N) is 1. The van der Waals surface area contributed by atoms with Crippen molar-refractivity contribution in [3.8, 4) is 0 Å². The maximum absolute atomic E-state index is 11.8. The highest BCUT2D eigenvalue weighted by atomic mass is 127. The third-order valence-corrected chi connectivity index (χ3v) is 5.20. The van der Waals surface area contributed by atoms with E-state index in [9.17, 15) is 4.79 Å². The molecule has 158 valence electrons. The van der Waals surface area contributed by atoms with Crippen LogP contribution in [0.15, 0.2) is 4.99 Å². The van der Waals surface area contributed by atoms with Gasteiger partial charge in [0.15, 0.2) is 5.96 Å². The predicted molar refractivity (Wildman–Crippen MR) is 121 cm³/mol. The van der Waals surface area contributed by atoms with Crippen molar-refractivity contribution in [2.24, 2.45) is 16.8 Å². The van der Waals surface area contributed by atoms with E-state index in [0.717, 1.165) is 50.4 Å². The van der Waals surface area contributed by atoms with Crippen LogP contribution >= 0.6 is 24.0 Å². The number of ether oxygens (including phenoxy) is 1. The molecule has 8 heteroatoms. The molecule has 2 aliphatic heterocycles. The zero-order chi connectivity index (χ0) is 18.9. The third-order valence-electron chi connectivity index (χ3n) is 5.20. The van der Waals surface area contributed by atoms with E-state index in [1.165, 1.54) is 19.5 Å². The molecule has 0 aromatic heterocycles. The van der Waals surface area contributed by atoms with E-state index in [2.05, 4.69) is 34.0 Å². The van der Waals surface area contributed by atoms with Gasteiger partial charge in [-0.1, -0.05) is 13.8 Å². The van der Waals surface area contributed by atoms with E-state index in [1.807, 2.05) is 14.0 Å². The number of amides is 1. The zero-order valence-electron chi connectivity index (χ0n) is 17.4. The van der Waals surface area contributed by atoms with Crippen LogP contribution in [0.3, 0.4) is 0 Å². The molecule has 0 aromatic rings. The molecule has 7 nitrogen and oxygen atoms in total. The fourth-order valence-corrected chi connectivity index (χ4v) is 4.13. The van der Waals surface area contributed by atoms with Crippen molar-refractivity contribution in [3.05, 3.63) is 0 Å². The lowest BCUT2D eigenvalue weighted by Crippen LogP contribution is -2.54. The minimum absolute atomic E-state index is 0. The molecular weight excluding hydrogens is 457 g/mol. The van der Waals surface area contributed by atoms with Crippen molar-refractivity contribution >= 4 is 36.0 Å². The molecule has 0 radical (unpaired) electrons. The van der Waals surface area contributed by atoms with Gasteiger partial charge in [0.25, 0.3) is 0 Å². The van der Waals surface area contributed by atoms with Crippen LogP contribution in [-0.4, -0.2) is 92.8 Å². The molecule has 0 saturated carbocycles. The largest absolute Gasteiger partial charge is 0.450 e. The van der Waals surface area contributed by atoms with Gasteiger partial charge in [0.05, 0.1) is 6.61 Å². The average Bonchev–Trinajstić information content (AvgIpc) is 2.61. The Morgan fingerprint density at radius 2 is 1.70 bits per heavy atom. The van der Waals surface area contributed by atoms with Crippen molar-refractivity contribution in [1.82, 2.24) is 20.0 Å². The van der Waals surface area contributed by atoms with Crippen LogP contribution in [-0.2, 0) is 4.74 Å². The summed E-state index contributed by atoms with van der Waals surface area (Å²) in [5.41, 5.74) is 0. The van der Waals surface area contributed by atoms with E-state index in [0.29, 0.717) is 19.7 Å². The standard InChI is InChI=1S/C19H37N5O2.HI/c1-5-26-19(25)24-11-9-23(10-12-24)18(20-4)21-7-6-8-22-14-16(2)13-17(3)15-22;/h16-17H,5-15H2,1-4H3,(H,20,21);1H. The maximum Gasteiger partial charge on any atom is 0.409 e. The summed E-state index contributed by atoms with van der Waals surface area (Å²) in [5.74, 6) is 2.57. The lowest BCUT2D eigenvalue weighted by Gasteiger charge is -2.36. The summed E-state index contributed by atoms with van der Waals surface area (Å²) in [6.45, 7) is 14.5. The molecule has 1 N–H and O–H groups in total. The number of aliphatic imine (C=N–C) groups is 1. The first-order chi connectivity index (χ1) is 12.5. The Labute approximate surface area is 181 Å². The highest BCUT2D eigenvalue weighted by Crippen LogP contribution is 2.20. The van der Waals surface area contributed by atoms with E-state index in [1.54, 1.807) is 4.90 Å². The molecule has 0 aromatic carbocycles. The fourth-order valence-electron chi connectivity index (χ4n) is 4.13. The topological polar surface area (TPSA) is 60.4 Å². The normalized spacial score (nSPS) is 24.4. The second kappa shape index (κ2) is 12.6. The van der Waals surface area contributed by atoms with Gasteiger partial charge in [0.2, 0.25) is 0 Å². The number of piperidine rings is 1. The number of likely N-dealkylation sites (tertiary alicyclic amines) is 1. The van der Waals surface area contributed by atoms with Crippen molar-refractivity contribution in [2.75, 3.05) is 66.0 Å². The Bertz CT molecular complexity index is 459. The summed E-state index contributed by atoms with van der Waals surface area (Å²) in [6, 6.07) is 0. The first-order valence-corrected chi connectivity index (χ1v) is 10.1. The number of guanidine groups is 1. The summed E-state index contributed by atoms with van der Waals surface area (Å²) in [4.78, 5) is 22.8. The molecule has 2 aliphatic rings. The molecule has 2 saturated heterocycles. The van der Waals surface area contributed by atoms with Crippen molar-refractivity contribution < 1.29 is 9.53 Å². The summed E-state index contributed by atoms with van der Waals surface area (Å²) >= 11 is 0. The van der Waals surface area contributed by atoms with Crippen LogP contribution in [0.5, 0.6) is 0 Å². The Hall–Kier alpha value is -0.770. The van der Waals surface area contributed by atoms with E-state index >= 15 is 0 Å². The summed E-state index contributed by atoms with van der Waals surface area (Å²) < 4.78 is 5.07. The molecule has 1 amide bonds. The first kappa shape index (κ1) is 24.3. The number of carbonyl (C=O) groups excluding carboxylic acids is 1. The Balaban J connectivity index is 0.00000364. The molecule has 2 rings (SSSR count). The second-order valence-corrected chi connectivity index (χ2v) is 7.71. The van der Waals surface area contributed by atoms with Crippen LogP contribution in [0, 0.1) is 11.8 Å². The Morgan fingerprint density at radius 3 is 2.26 bits per heavy atom. The van der Waals surface area contributed by atoms with E-state index in [4.69, 9.17) is 4.74 Å². The summed E-state index contributed by atoms with van der Waals surface area (Å²) in [7, 11) is 1.83. The Morgan fingerprint density at radius 1 is 1.11 bits per heavy atom. The molecule has 2 unspecified atom stereocenters. The molecule has 27 heavy (non-hydrogen) atoms. The van der Waals surface area contributed by atoms with Crippen LogP contribution in [0.4, 0.5) is 4.79 Å². The van der Waals surface area contributed by atoms with Gasteiger partial charge in [-0.25, -0.2) is 4.79 Å². The number of hydrogen-bond acceptors (Lipinski definition) is 4. The Kier molecular flexibility index (Phi) is 11.4. The number of rotatable bonds is 5. The maximum atomic E-state index is 11.8. The molecule has 2 atom stereocenters. The predicted octanol–water partition coefficient (Wildman–Crippen LogP) is 2.32. The lowest BCUT2D eigenvalue weighted by atomic mass is 9.92. The molecule has 2 heterocycles. The fraction of sp³-hybridized carbons (Fsp3) is 0.895. The van der Waals surface area contributed by atoms with Gasteiger partial charge in [0, 0.05) is 52.9 Å². The second-order valence-electron chi connectivity index (χ2n) is 7.71. The van der Waals surface area contributed by atoms with Crippen molar-refractivity contribution in [2.45, 2.75) is 33.6 Å². The minimum atomic E-state index is -0.208. The SMILES string of the molecule is CCOC(=O)N1CCN(C(=NC)NCCCN2CC(C)CC(C)C2)CC1.I. The van der Waals surface area contributed by atoms with Crippen molar-refractivity contribution in [3.63, 3.8) is 0 Å². The lowest BCUT2D eigenvalue weighted by molar-refractivity contribution is 0.0914. The van der Waals surface area contributed by atoms with Gasteiger partial charge < -0.3 is 24.8 Å². The van der Waals surface area contributed by atoms with Gasteiger partial charge in [-0.05, 0) is 38.1 Å². The number of nitrogens with zero attached hydrogens (tertiary/aromatic N) is 4. The van der Waals surface area contributed by atoms with E-state index < -0.39 is 0 Å². The average molecular weight is 495 g/mol. The van der Waals surface area contributed by atoms with Crippen LogP contribution in [0.1, 0.15) is 33.6 Å². The zero-order valence-corrected chi connectivity index (χ0v) is 19.8. The van der Waals surface area contributed by atoms with Crippen LogP contribution in [0.2, 0.25) is 0 Å².